The van der Waals surface area contributed by atoms with Crippen molar-refractivity contribution in [3.63, 3.8) is 0 Å². The summed E-state index contributed by atoms with van der Waals surface area (Å²) in [6.07, 6.45) is 5.38. The Labute approximate surface area is 105 Å². The third-order valence-electron chi connectivity index (χ3n) is 3.47. The van der Waals surface area contributed by atoms with E-state index in [0.29, 0.717) is 13.0 Å². The molecule has 0 atom stereocenters. The predicted octanol–water partition coefficient (Wildman–Crippen LogP) is 0.964. The molecule has 1 rings (SSSR count). The molecule has 1 aliphatic heterocycles. The lowest BCUT2D eigenvalue weighted by Crippen LogP contribution is -2.34. The van der Waals surface area contributed by atoms with E-state index in [1.807, 2.05) is 0 Å². The topological polar surface area (TPSA) is 58.4 Å². The van der Waals surface area contributed by atoms with Gasteiger partial charge >= 0.3 is 0 Å². The molecule has 0 bridgehead atoms. The first kappa shape index (κ1) is 14.5. The van der Waals surface area contributed by atoms with Crippen molar-refractivity contribution in [3.8, 4) is 0 Å². The van der Waals surface area contributed by atoms with Gasteiger partial charge in [0.2, 0.25) is 5.91 Å². The molecule has 3 N–H and O–H groups in total. The lowest BCUT2D eigenvalue weighted by atomic mass is 9.99. The van der Waals surface area contributed by atoms with Gasteiger partial charge < -0.3 is 16.0 Å². The van der Waals surface area contributed by atoms with Gasteiger partial charge in [0.25, 0.3) is 0 Å². The summed E-state index contributed by atoms with van der Waals surface area (Å²) in [5.41, 5.74) is 5.30. The van der Waals surface area contributed by atoms with Crippen LogP contribution in [0, 0.1) is 5.92 Å². The molecular formula is C13H27N3O. The maximum absolute atomic E-state index is 11.1. The number of carbonyl (C=O) groups is 1. The van der Waals surface area contributed by atoms with Crippen molar-refractivity contribution in [2.24, 2.45) is 11.7 Å². The van der Waals surface area contributed by atoms with E-state index >= 15 is 0 Å². The molecular weight excluding hydrogens is 214 g/mol. The van der Waals surface area contributed by atoms with Gasteiger partial charge in [-0.15, -0.1) is 0 Å². The van der Waals surface area contributed by atoms with Crippen molar-refractivity contribution in [2.75, 3.05) is 32.7 Å². The zero-order valence-electron chi connectivity index (χ0n) is 11.1. The Morgan fingerprint density at radius 2 is 2.06 bits per heavy atom. The van der Waals surface area contributed by atoms with E-state index in [0.717, 1.165) is 18.9 Å². The molecule has 4 nitrogen and oxygen atoms in total. The number of piperidine rings is 1. The number of hydrogen-bond acceptors (Lipinski definition) is 3. The fourth-order valence-corrected chi connectivity index (χ4v) is 2.19. The van der Waals surface area contributed by atoms with Gasteiger partial charge in [0, 0.05) is 19.5 Å². The fraction of sp³-hybridized carbons (Fsp3) is 0.923. The first-order valence-corrected chi connectivity index (χ1v) is 6.91. The van der Waals surface area contributed by atoms with Crippen LogP contribution >= 0.6 is 0 Å². The van der Waals surface area contributed by atoms with Crippen molar-refractivity contribution in [1.82, 2.24) is 10.2 Å². The van der Waals surface area contributed by atoms with E-state index in [9.17, 15) is 4.79 Å². The second kappa shape index (κ2) is 8.48. The van der Waals surface area contributed by atoms with Gasteiger partial charge in [0.15, 0.2) is 0 Å². The summed E-state index contributed by atoms with van der Waals surface area (Å²) in [6.45, 7) is 7.26. The predicted molar refractivity (Wildman–Crippen MR) is 70.8 cm³/mol. The smallest absolute Gasteiger partial charge is 0.221 e. The Hall–Kier alpha value is -0.610. The monoisotopic (exact) mass is 241 g/mol. The Kier molecular flexibility index (Phi) is 7.21. The van der Waals surface area contributed by atoms with Crippen molar-refractivity contribution in [2.45, 2.75) is 39.0 Å². The van der Waals surface area contributed by atoms with Crippen LogP contribution < -0.4 is 11.1 Å². The SMILES string of the molecule is CC1CCN(CCCCNC(=O)CCN)CC1. The van der Waals surface area contributed by atoms with Gasteiger partial charge in [-0.3, -0.25) is 4.79 Å². The van der Waals surface area contributed by atoms with Crippen LogP contribution in [0.4, 0.5) is 0 Å². The number of nitrogens with zero attached hydrogens (tertiary/aromatic N) is 1. The second-order valence-corrected chi connectivity index (χ2v) is 5.12. The normalized spacial score (nSPS) is 18.2. The van der Waals surface area contributed by atoms with E-state index in [1.165, 1.54) is 38.9 Å². The van der Waals surface area contributed by atoms with Crippen molar-refractivity contribution in [3.05, 3.63) is 0 Å². The van der Waals surface area contributed by atoms with Gasteiger partial charge in [-0.2, -0.15) is 0 Å². The van der Waals surface area contributed by atoms with Crippen LogP contribution in [-0.4, -0.2) is 43.5 Å². The number of amides is 1. The van der Waals surface area contributed by atoms with E-state index in [4.69, 9.17) is 5.73 Å². The molecule has 0 aromatic carbocycles. The summed E-state index contributed by atoms with van der Waals surface area (Å²) < 4.78 is 0. The highest BCUT2D eigenvalue weighted by atomic mass is 16.1. The highest BCUT2D eigenvalue weighted by Crippen LogP contribution is 2.15. The lowest BCUT2D eigenvalue weighted by Gasteiger charge is -2.30. The number of carbonyl (C=O) groups excluding carboxylic acids is 1. The molecule has 1 amide bonds. The molecule has 0 spiro atoms. The van der Waals surface area contributed by atoms with Gasteiger partial charge in [0.05, 0.1) is 0 Å². The summed E-state index contributed by atoms with van der Waals surface area (Å²) in [6, 6.07) is 0. The lowest BCUT2D eigenvalue weighted by molar-refractivity contribution is -0.120. The van der Waals surface area contributed by atoms with E-state index in [-0.39, 0.29) is 5.91 Å². The fourth-order valence-electron chi connectivity index (χ4n) is 2.19. The zero-order valence-corrected chi connectivity index (χ0v) is 11.1. The van der Waals surface area contributed by atoms with Crippen LogP contribution in [0.5, 0.6) is 0 Å². The zero-order chi connectivity index (χ0) is 12.5. The molecule has 1 saturated heterocycles. The van der Waals surface area contributed by atoms with Crippen LogP contribution in [-0.2, 0) is 4.79 Å². The van der Waals surface area contributed by atoms with Gasteiger partial charge in [-0.25, -0.2) is 0 Å². The molecule has 17 heavy (non-hydrogen) atoms. The summed E-state index contributed by atoms with van der Waals surface area (Å²) >= 11 is 0. The van der Waals surface area contributed by atoms with Crippen molar-refractivity contribution < 1.29 is 4.79 Å². The summed E-state index contributed by atoms with van der Waals surface area (Å²) in [5.74, 6) is 0.987. The molecule has 0 unspecified atom stereocenters. The maximum Gasteiger partial charge on any atom is 0.221 e. The molecule has 4 heteroatoms. The number of rotatable bonds is 7. The number of nitrogens with two attached hydrogens (primary N) is 1. The Morgan fingerprint density at radius 1 is 1.35 bits per heavy atom. The average molecular weight is 241 g/mol. The molecule has 0 aromatic rings. The van der Waals surface area contributed by atoms with Crippen LogP contribution in [0.3, 0.4) is 0 Å². The Bertz CT molecular complexity index is 213. The number of hydrogen-bond donors (Lipinski definition) is 2. The van der Waals surface area contributed by atoms with Gasteiger partial charge in [-0.1, -0.05) is 6.92 Å². The van der Waals surface area contributed by atoms with Crippen LogP contribution in [0.2, 0.25) is 0 Å². The van der Waals surface area contributed by atoms with Crippen molar-refractivity contribution >= 4 is 5.91 Å². The maximum atomic E-state index is 11.1. The third kappa shape index (κ3) is 6.64. The van der Waals surface area contributed by atoms with Crippen molar-refractivity contribution in [1.29, 1.82) is 0 Å². The molecule has 100 valence electrons. The summed E-state index contributed by atoms with van der Waals surface area (Å²) in [5, 5.41) is 2.89. The molecule has 0 aliphatic carbocycles. The highest BCUT2D eigenvalue weighted by molar-refractivity contribution is 5.75. The summed E-state index contributed by atoms with van der Waals surface area (Å²) in [4.78, 5) is 13.7. The van der Waals surface area contributed by atoms with E-state index < -0.39 is 0 Å². The first-order chi connectivity index (χ1) is 8.22. The molecule has 0 saturated carbocycles. The number of unbranched alkanes of at least 4 members (excludes halogenated alkanes) is 1. The minimum Gasteiger partial charge on any atom is -0.356 e. The molecule has 1 heterocycles. The third-order valence-corrected chi connectivity index (χ3v) is 3.47. The van der Waals surface area contributed by atoms with Crippen LogP contribution in [0.25, 0.3) is 0 Å². The quantitative estimate of drug-likeness (QED) is 0.653. The average Bonchev–Trinajstić information content (AvgIpc) is 2.31. The van der Waals surface area contributed by atoms with Gasteiger partial charge in [0.1, 0.15) is 0 Å². The van der Waals surface area contributed by atoms with Crippen LogP contribution in [0.15, 0.2) is 0 Å². The minimum absolute atomic E-state index is 0.0827. The first-order valence-electron chi connectivity index (χ1n) is 6.91. The highest BCUT2D eigenvalue weighted by Gasteiger charge is 2.14. The number of nitrogens with one attached hydrogen (secondary N) is 1. The second-order valence-electron chi connectivity index (χ2n) is 5.12. The molecule has 1 aliphatic rings. The molecule has 0 aromatic heterocycles. The number of likely N-dealkylation sites (tertiary alicyclic amines) is 1. The Morgan fingerprint density at radius 3 is 2.71 bits per heavy atom. The molecule has 0 radical (unpaired) electrons. The standard InChI is InChI=1S/C13H27N3O/c1-12-5-10-16(11-6-12)9-3-2-8-15-13(17)4-7-14/h12H,2-11,14H2,1H3,(H,15,17). The minimum atomic E-state index is 0.0827. The largest absolute Gasteiger partial charge is 0.356 e. The molecule has 1 fully saturated rings. The van der Waals surface area contributed by atoms with Crippen LogP contribution in [0.1, 0.15) is 39.0 Å². The van der Waals surface area contributed by atoms with E-state index in [1.54, 1.807) is 0 Å². The van der Waals surface area contributed by atoms with Gasteiger partial charge in [-0.05, 0) is 51.2 Å². The Balaban J connectivity index is 1.92. The van der Waals surface area contributed by atoms with E-state index in [2.05, 4.69) is 17.1 Å². The summed E-state index contributed by atoms with van der Waals surface area (Å²) in [7, 11) is 0.